The van der Waals surface area contributed by atoms with Crippen molar-refractivity contribution >= 4 is 44.5 Å². The van der Waals surface area contributed by atoms with Crippen molar-refractivity contribution < 1.29 is 41.8 Å². The number of rotatable bonds is 8. The normalized spacial score (nSPS) is 29.1. The van der Waals surface area contributed by atoms with Gasteiger partial charge in [-0.1, -0.05) is 46.5 Å². The van der Waals surface area contributed by atoms with Crippen molar-refractivity contribution in [3.63, 3.8) is 0 Å². The third-order valence-corrected chi connectivity index (χ3v) is 14.5. The number of esters is 1. The van der Waals surface area contributed by atoms with Crippen LogP contribution in [0.4, 0.5) is 0 Å². The highest BCUT2D eigenvalue weighted by molar-refractivity contribution is 7.91. The van der Waals surface area contributed by atoms with Gasteiger partial charge in [0.15, 0.2) is 0 Å². The monoisotopic (exact) mass is 780 g/mol. The molecular formula is C41H56N4O9S. The maximum Gasteiger partial charge on any atom is 0.306 e. The molecule has 13 nitrogen and oxygen atoms in total. The molecule has 0 radical (unpaired) electrons. The van der Waals surface area contributed by atoms with Crippen LogP contribution in [0.5, 0.6) is 11.6 Å². The summed E-state index contributed by atoms with van der Waals surface area (Å²) in [6.45, 7) is 6.31. The average Bonchev–Trinajstić information content (AvgIpc) is 4.09. The van der Waals surface area contributed by atoms with Gasteiger partial charge in [0.1, 0.15) is 23.4 Å². The minimum atomic E-state index is -3.85. The van der Waals surface area contributed by atoms with E-state index < -0.39 is 56.7 Å². The molecule has 1 aromatic carbocycles. The number of nitrogens with one attached hydrogen (secondary N) is 2. The molecule has 7 rings (SSSR count). The van der Waals surface area contributed by atoms with Crippen LogP contribution in [0.25, 0.3) is 10.8 Å². The van der Waals surface area contributed by atoms with Crippen molar-refractivity contribution in [2.24, 2.45) is 23.2 Å². The molecule has 300 valence electrons. The summed E-state index contributed by atoms with van der Waals surface area (Å²) < 4.78 is 46.1. The number of sulfonamides is 1. The number of benzene rings is 1. The number of cyclic esters (lactones) is 1. The van der Waals surface area contributed by atoms with E-state index in [0.717, 1.165) is 73.5 Å². The fraction of sp³-hybridized carbons (Fsp3) is 0.683. The highest BCUT2D eigenvalue weighted by Gasteiger charge is 2.62. The molecule has 5 aliphatic rings. The summed E-state index contributed by atoms with van der Waals surface area (Å²) in [6.07, 6.45) is 9.76. The molecule has 4 fully saturated rings. The molecule has 0 spiro atoms. The van der Waals surface area contributed by atoms with Crippen LogP contribution in [0, 0.1) is 23.2 Å². The molecule has 2 aromatic rings. The van der Waals surface area contributed by atoms with E-state index in [1.165, 1.54) is 4.90 Å². The summed E-state index contributed by atoms with van der Waals surface area (Å²) in [5.41, 5.74) is -0.727. The summed E-state index contributed by atoms with van der Waals surface area (Å²) in [5.74, 6) is -1.92. The molecule has 14 heteroatoms. The van der Waals surface area contributed by atoms with Gasteiger partial charge in [-0.05, 0) is 97.8 Å². The van der Waals surface area contributed by atoms with Crippen LogP contribution in [0.3, 0.4) is 0 Å². The molecule has 3 aliphatic carbocycles. The van der Waals surface area contributed by atoms with E-state index in [1.807, 2.05) is 25.1 Å². The molecule has 2 N–H and O–H groups in total. The highest BCUT2D eigenvalue weighted by Crippen LogP contribution is 2.47. The van der Waals surface area contributed by atoms with Gasteiger partial charge in [-0.25, -0.2) is 13.4 Å². The average molecular weight is 781 g/mol. The molecule has 3 amide bonds. The molecule has 2 aliphatic heterocycles. The maximum atomic E-state index is 14.9. The molecule has 5 atom stereocenters. The lowest BCUT2D eigenvalue weighted by Crippen LogP contribution is -2.57. The summed E-state index contributed by atoms with van der Waals surface area (Å²) in [6, 6.07) is 4.85. The zero-order valence-electron chi connectivity index (χ0n) is 32.6. The van der Waals surface area contributed by atoms with Crippen molar-refractivity contribution in [3.8, 4) is 11.6 Å². The Morgan fingerprint density at radius 3 is 2.53 bits per heavy atom. The Kier molecular flexibility index (Phi) is 11.1. The lowest BCUT2D eigenvalue weighted by Gasteiger charge is -2.34. The number of hydrogen-bond acceptors (Lipinski definition) is 10. The summed E-state index contributed by atoms with van der Waals surface area (Å²) >= 11 is 0. The number of fused-ring (bicyclic) bond motifs is 3. The first-order chi connectivity index (χ1) is 26.2. The Hall–Kier alpha value is -3.94. The second kappa shape index (κ2) is 15.5. The smallest absolute Gasteiger partial charge is 0.306 e. The lowest BCUT2D eigenvalue weighted by molar-refractivity contribution is -0.154. The molecule has 0 unspecified atom stereocenters. The third-order valence-electron chi connectivity index (χ3n) is 12.6. The molecular weight excluding hydrogens is 725 g/mol. The Morgan fingerprint density at radius 2 is 1.84 bits per heavy atom. The maximum absolute atomic E-state index is 14.9. The van der Waals surface area contributed by atoms with E-state index in [9.17, 15) is 27.6 Å². The van der Waals surface area contributed by atoms with Gasteiger partial charge in [0, 0.05) is 18.0 Å². The zero-order valence-corrected chi connectivity index (χ0v) is 33.4. The van der Waals surface area contributed by atoms with Gasteiger partial charge in [-0.2, -0.15) is 0 Å². The molecule has 55 heavy (non-hydrogen) atoms. The van der Waals surface area contributed by atoms with Gasteiger partial charge in [0.25, 0.3) is 5.91 Å². The van der Waals surface area contributed by atoms with Crippen LogP contribution in [-0.2, 0) is 40.4 Å². The van der Waals surface area contributed by atoms with E-state index in [-0.39, 0.29) is 49.2 Å². The lowest BCUT2D eigenvalue weighted by atomic mass is 9.77. The predicted molar refractivity (Wildman–Crippen MR) is 205 cm³/mol. The first-order valence-electron chi connectivity index (χ1n) is 20.2. The van der Waals surface area contributed by atoms with Gasteiger partial charge in [0.2, 0.25) is 27.7 Å². The summed E-state index contributed by atoms with van der Waals surface area (Å²) in [7, 11) is -2.21. The van der Waals surface area contributed by atoms with Crippen molar-refractivity contribution in [2.75, 3.05) is 20.3 Å². The van der Waals surface area contributed by atoms with Gasteiger partial charge in [-0.15, -0.1) is 0 Å². The number of aryl methyl sites for hydroxylation is 1. The first-order valence-corrected chi connectivity index (χ1v) is 21.7. The van der Waals surface area contributed by atoms with Crippen LogP contribution in [0.2, 0.25) is 0 Å². The van der Waals surface area contributed by atoms with Crippen molar-refractivity contribution in [1.82, 2.24) is 19.9 Å². The quantitative estimate of drug-likeness (QED) is 0.349. The Labute approximate surface area is 324 Å². The fourth-order valence-electron chi connectivity index (χ4n) is 9.08. The van der Waals surface area contributed by atoms with Crippen molar-refractivity contribution in [2.45, 2.75) is 134 Å². The summed E-state index contributed by atoms with van der Waals surface area (Å²) in [5, 5.41) is 4.00. The Morgan fingerprint density at radius 1 is 1.07 bits per heavy atom. The Balaban J connectivity index is 1.23. The molecule has 1 saturated heterocycles. The zero-order chi connectivity index (χ0) is 39.1. The van der Waals surface area contributed by atoms with Crippen LogP contribution in [0.1, 0.15) is 110 Å². The summed E-state index contributed by atoms with van der Waals surface area (Å²) in [4.78, 5) is 62.7. The van der Waals surface area contributed by atoms with Crippen LogP contribution < -0.4 is 19.5 Å². The van der Waals surface area contributed by atoms with E-state index in [1.54, 1.807) is 13.3 Å². The topological polar surface area (TPSA) is 170 Å². The SMILES string of the molecule is CC[C@@H]1C[C@]1(NC(=O)[C@@H]1C[C@@H]2CN1C(=O)[C@H](C1CCCCC1)CC(=O)OCC(C)(C)CCCc1cc3c(nccc3cc1OC)O2)C(=O)NS(=O)(=O)C1CC1. The number of carbonyl (C=O) groups excluding carboxylic acids is 4. The van der Waals surface area contributed by atoms with Crippen molar-refractivity contribution in [1.29, 1.82) is 0 Å². The second-order valence-corrected chi connectivity index (χ2v) is 19.3. The van der Waals surface area contributed by atoms with Gasteiger partial charge < -0.3 is 24.4 Å². The van der Waals surface area contributed by atoms with Crippen LogP contribution in [-0.4, -0.2) is 85.2 Å². The minimum Gasteiger partial charge on any atom is -0.496 e. The van der Waals surface area contributed by atoms with Crippen LogP contribution in [0.15, 0.2) is 24.4 Å². The number of methoxy groups -OCH3 is 1. The number of hydrogen-bond donors (Lipinski definition) is 2. The second-order valence-electron chi connectivity index (χ2n) is 17.3. The van der Waals surface area contributed by atoms with E-state index in [0.29, 0.717) is 31.6 Å². The number of nitrogens with zero attached hydrogens (tertiary/aromatic N) is 2. The highest BCUT2D eigenvalue weighted by atomic mass is 32.2. The van der Waals surface area contributed by atoms with E-state index >= 15 is 0 Å². The van der Waals surface area contributed by atoms with Gasteiger partial charge >= 0.3 is 5.97 Å². The minimum absolute atomic E-state index is 0.0538. The predicted octanol–water partition coefficient (Wildman–Crippen LogP) is 4.98. The largest absolute Gasteiger partial charge is 0.496 e. The standard InChI is InChI=1S/C41H56N4O9S/c1-5-28-22-41(28,39(49)44-55(50,51)30-13-14-30)43-36(47)33-20-29-23-45(33)38(48)32(25-10-7-6-8-11-25)21-35(46)53-24-40(2,3)16-9-12-27-18-31-26(19-34(27)52-4)15-17-42-37(31)54-29/h15,17-19,25,28-30,32-33H,5-14,16,20-24H2,1-4H3,(H,43,47)(H,44,49)/t28-,29-,32+,33+,41-/m1/s1. The van der Waals surface area contributed by atoms with Crippen molar-refractivity contribution in [3.05, 3.63) is 30.0 Å². The number of amides is 3. The molecule has 3 heterocycles. The first kappa shape index (κ1) is 39.3. The third kappa shape index (κ3) is 8.44. The number of aromatic nitrogens is 1. The fourth-order valence-corrected chi connectivity index (χ4v) is 10.4. The number of pyridine rings is 1. The Bertz CT molecular complexity index is 1930. The molecule has 4 bridgehead atoms. The van der Waals surface area contributed by atoms with Gasteiger partial charge in [0.05, 0.1) is 37.9 Å². The number of ether oxygens (including phenoxy) is 3. The molecule has 3 saturated carbocycles. The number of carbonyl (C=O) groups is 4. The van der Waals surface area contributed by atoms with E-state index in [2.05, 4.69) is 28.9 Å². The van der Waals surface area contributed by atoms with Gasteiger partial charge in [-0.3, -0.25) is 23.9 Å². The van der Waals surface area contributed by atoms with Crippen LogP contribution >= 0.6 is 0 Å². The van der Waals surface area contributed by atoms with E-state index in [4.69, 9.17) is 14.2 Å². The molecule has 1 aromatic heterocycles.